The Kier molecular flexibility index (Phi) is 6.24. The number of imide groups is 1. The first-order chi connectivity index (χ1) is 15.6. The molecule has 3 aromatic rings. The summed E-state index contributed by atoms with van der Waals surface area (Å²) in [7, 11) is 0. The summed E-state index contributed by atoms with van der Waals surface area (Å²) < 4.78 is 0. The largest absolute Gasteiger partial charge is 0.478 e. The monoisotopic (exact) mass is 449 g/mol. The first-order valence-corrected chi connectivity index (χ1v) is 9.32. The zero-order valence-electron chi connectivity index (χ0n) is 17.0. The average molecular weight is 449 g/mol. The quantitative estimate of drug-likeness (QED) is 0.335. The summed E-state index contributed by atoms with van der Waals surface area (Å²) in [5.74, 6) is -3.52. The second-order valence-corrected chi connectivity index (χ2v) is 6.88. The van der Waals surface area contributed by atoms with Crippen molar-refractivity contribution in [2.24, 2.45) is 0 Å². The van der Waals surface area contributed by atoms with E-state index in [2.05, 4.69) is 0 Å². The minimum Gasteiger partial charge on any atom is -0.478 e. The molecule has 33 heavy (non-hydrogen) atoms. The Bertz CT molecular complexity index is 1270. The summed E-state index contributed by atoms with van der Waals surface area (Å²) in [5, 5.41) is 31.9. The first kappa shape index (κ1) is 22.7. The zero-order chi connectivity index (χ0) is 24.3. The number of rotatable bonds is 6. The van der Waals surface area contributed by atoms with Gasteiger partial charge in [-0.2, -0.15) is 0 Å². The van der Waals surface area contributed by atoms with Crippen LogP contribution in [-0.4, -0.2) is 32.7 Å². The molecule has 3 aromatic carbocycles. The Labute approximate surface area is 185 Å². The number of hydrogen-bond donors (Lipinski definition) is 1. The Morgan fingerprint density at radius 1 is 0.788 bits per heavy atom. The molecule has 0 heterocycles. The maximum Gasteiger partial charge on any atom is 0.336 e. The van der Waals surface area contributed by atoms with Gasteiger partial charge in [-0.1, -0.05) is 29.8 Å². The van der Waals surface area contributed by atoms with Gasteiger partial charge in [0, 0.05) is 12.1 Å². The fraction of sp³-hybridized carbons (Fsp3) is 0.0455. The van der Waals surface area contributed by atoms with E-state index in [1.54, 1.807) is 19.1 Å². The van der Waals surface area contributed by atoms with Crippen molar-refractivity contribution in [2.45, 2.75) is 6.92 Å². The number of nitro groups is 2. The number of carboxylic acids is 1. The number of anilines is 1. The summed E-state index contributed by atoms with van der Waals surface area (Å²) in [6.07, 6.45) is 0. The predicted molar refractivity (Wildman–Crippen MR) is 115 cm³/mol. The fourth-order valence-corrected chi connectivity index (χ4v) is 3.06. The van der Waals surface area contributed by atoms with Gasteiger partial charge >= 0.3 is 5.97 Å². The molecule has 0 saturated heterocycles. The van der Waals surface area contributed by atoms with Crippen molar-refractivity contribution in [3.63, 3.8) is 0 Å². The Morgan fingerprint density at radius 2 is 1.30 bits per heavy atom. The topological polar surface area (TPSA) is 161 Å². The molecule has 166 valence electrons. The second-order valence-electron chi connectivity index (χ2n) is 6.88. The van der Waals surface area contributed by atoms with Crippen molar-refractivity contribution in [2.75, 3.05) is 4.90 Å². The van der Waals surface area contributed by atoms with Crippen molar-refractivity contribution < 1.29 is 29.3 Å². The Hall–Kier alpha value is -4.93. The number of aromatic carboxylic acids is 1. The van der Waals surface area contributed by atoms with E-state index in [0.717, 1.165) is 17.7 Å². The molecule has 0 atom stereocenters. The first-order valence-electron chi connectivity index (χ1n) is 9.32. The number of aryl methyl sites for hydroxylation is 1. The van der Waals surface area contributed by atoms with Crippen LogP contribution in [0.15, 0.2) is 66.7 Å². The molecular weight excluding hydrogens is 434 g/mol. The van der Waals surface area contributed by atoms with E-state index in [-0.39, 0.29) is 16.8 Å². The third-order valence-corrected chi connectivity index (χ3v) is 4.66. The summed E-state index contributed by atoms with van der Waals surface area (Å²) in [4.78, 5) is 59.7. The van der Waals surface area contributed by atoms with Crippen LogP contribution in [0.3, 0.4) is 0 Å². The smallest absolute Gasteiger partial charge is 0.336 e. The van der Waals surface area contributed by atoms with E-state index in [9.17, 15) is 39.7 Å². The molecule has 1 N–H and O–H groups in total. The molecule has 0 spiro atoms. The van der Waals surface area contributed by atoms with E-state index in [1.807, 2.05) is 0 Å². The van der Waals surface area contributed by atoms with Gasteiger partial charge in [-0.3, -0.25) is 29.8 Å². The highest BCUT2D eigenvalue weighted by Gasteiger charge is 2.31. The normalized spacial score (nSPS) is 10.3. The lowest BCUT2D eigenvalue weighted by Gasteiger charge is -2.22. The summed E-state index contributed by atoms with van der Waals surface area (Å²) >= 11 is 0. The summed E-state index contributed by atoms with van der Waals surface area (Å²) in [6, 6.07) is 13.6. The maximum absolute atomic E-state index is 13.4. The number of nitro benzene ring substituents is 2. The number of carbonyl (C=O) groups is 3. The summed E-state index contributed by atoms with van der Waals surface area (Å²) in [5.41, 5.74) is -1.74. The average Bonchev–Trinajstić information content (AvgIpc) is 2.79. The number of carbonyl (C=O) groups excluding carboxylic acids is 2. The van der Waals surface area contributed by atoms with Crippen LogP contribution in [0.1, 0.15) is 36.6 Å². The number of amides is 2. The minimum atomic E-state index is -1.40. The molecule has 0 aliphatic heterocycles. The SMILES string of the molecule is Cc1ccc(N(C(=O)c2cc([N+](=O)[O-])cc([N+](=O)[O-])c2)C(=O)c2ccccc2C(=O)O)cc1. The molecule has 11 heteroatoms. The second kappa shape index (κ2) is 9.06. The van der Waals surface area contributed by atoms with E-state index in [1.165, 1.54) is 36.4 Å². The number of non-ortho nitro benzene ring substituents is 2. The molecule has 0 saturated carbocycles. The molecule has 0 radical (unpaired) electrons. The molecule has 11 nitrogen and oxygen atoms in total. The third-order valence-electron chi connectivity index (χ3n) is 4.66. The van der Waals surface area contributed by atoms with Crippen molar-refractivity contribution in [1.29, 1.82) is 0 Å². The fourth-order valence-electron chi connectivity index (χ4n) is 3.06. The van der Waals surface area contributed by atoms with Gasteiger partial charge in [-0.25, -0.2) is 9.69 Å². The Balaban J connectivity index is 2.21. The number of hydrogen-bond acceptors (Lipinski definition) is 7. The maximum atomic E-state index is 13.4. The van der Waals surface area contributed by atoms with Crippen LogP contribution in [0.5, 0.6) is 0 Å². The van der Waals surface area contributed by atoms with E-state index in [4.69, 9.17) is 0 Å². The molecule has 0 aromatic heterocycles. The van der Waals surface area contributed by atoms with Gasteiger partial charge in [0.25, 0.3) is 23.2 Å². The molecule has 0 fully saturated rings. The standard InChI is InChI=1S/C22H15N3O8/c1-13-6-8-15(9-7-13)23(21(27)18-4-2-3-5-19(18)22(28)29)20(26)14-10-16(24(30)31)12-17(11-14)25(32)33/h2-12H,1H3,(H,28,29). The van der Waals surface area contributed by atoms with Crippen molar-refractivity contribution in [3.05, 3.63) is 109 Å². The van der Waals surface area contributed by atoms with Crippen LogP contribution in [0, 0.1) is 27.2 Å². The molecule has 3 rings (SSSR count). The predicted octanol–water partition coefficient (Wildman–Crippen LogP) is 4.00. The number of nitrogens with zero attached hydrogens (tertiary/aromatic N) is 3. The van der Waals surface area contributed by atoms with Crippen LogP contribution in [0.2, 0.25) is 0 Å². The number of benzene rings is 3. The van der Waals surface area contributed by atoms with Gasteiger partial charge in [0.05, 0.1) is 38.3 Å². The van der Waals surface area contributed by atoms with E-state index >= 15 is 0 Å². The lowest BCUT2D eigenvalue weighted by molar-refractivity contribution is -0.394. The van der Waals surface area contributed by atoms with Gasteiger partial charge in [0.15, 0.2) is 0 Å². The van der Waals surface area contributed by atoms with Crippen LogP contribution < -0.4 is 4.90 Å². The van der Waals surface area contributed by atoms with Gasteiger partial charge in [0.2, 0.25) is 0 Å². The van der Waals surface area contributed by atoms with Crippen molar-refractivity contribution in [1.82, 2.24) is 0 Å². The minimum absolute atomic E-state index is 0.0463. The van der Waals surface area contributed by atoms with Gasteiger partial charge < -0.3 is 5.11 Å². The lowest BCUT2D eigenvalue weighted by atomic mass is 10.0. The van der Waals surface area contributed by atoms with Gasteiger partial charge in [-0.05, 0) is 31.2 Å². The van der Waals surface area contributed by atoms with E-state index in [0.29, 0.717) is 11.0 Å². The van der Waals surface area contributed by atoms with Crippen molar-refractivity contribution >= 4 is 34.8 Å². The highest BCUT2D eigenvalue weighted by molar-refractivity contribution is 6.27. The molecule has 0 aliphatic carbocycles. The lowest BCUT2D eigenvalue weighted by Crippen LogP contribution is -2.38. The number of carboxylic acid groups (broad SMARTS) is 1. The highest BCUT2D eigenvalue weighted by Crippen LogP contribution is 2.27. The molecular formula is C22H15N3O8. The van der Waals surface area contributed by atoms with Crippen molar-refractivity contribution in [3.8, 4) is 0 Å². The van der Waals surface area contributed by atoms with Gasteiger partial charge in [0.1, 0.15) is 0 Å². The van der Waals surface area contributed by atoms with Gasteiger partial charge in [-0.15, -0.1) is 0 Å². The Morgan fingerprint density at radius 3 is 1.79 bits per heavy atom. The van der Waals surface area contributed by atoms with E-state index < -0.39 is 44.6 Å². The molecule has 0 aliphatic rings. The molecule has 0 unspecified atom stereocenters. The molecule has 0 bridgehead atoms. The van der Waals surface area contributed by atoms with Crippen LogP contribution in [-0.2, 0) is 0 Å². The molecule has 2 amide bonds. The third kappa shape index (κ3) is 4.71. The van der Waals surface area contributed by atoms with Crippen LogP contribution in [0.25, 0.3) is 0 Å². The van der Waals surface area contributed by atoms with Crippen LogP contribution >= 0.6 is 0 Å². The highest BCUT2D eigenvalue weighted by atomic mass is 16.6. The van der Waals surface area contributed by atoms with Crippen LogP contribution in [0.4, 0.5) is 17.1 Å². The zero-order valence-corrected chi connectivity index (χ0v) is 17.0. The summed E-state index contributed by atoms with van der Waals surface area (Å²) in [6.45, 7) is 1.77.